The second-order valence-electron chi connectivity index (χ2n) is 5.69. The van der Waals surface area contributed by atoms with Crippen LogP contribution in [-0.4, -0.2) is 29.3 Å². The highest BCUT2D eigenvalue weighted by Gasteiger charge is 2.22. The molecular weight excluding hydrogens is 266 g/mol. The van der Waals surface area contributed by atoms with Gasteiger partial charge in [-0.2, -0.15) is 11.8 Å². The normalized spacial score (nSPS) is 30.1. The van der Waals surface area contributed by atoms with Gasteiger partial charge < -0.3 is 5.32 Å². The van der Waals surface area contributed by atoms with Gasteiger partial charge in [0, 0.05) is 18.3 Å². The molecule has 2 atom stereocenters. The number of thioether (sulfide) groups is 1. The van der Waals surface area contributed by atoms with Crippen LogP contribution in [0.4, 0.5) is 0 Å². The molecule has 0 aromatic carbocycles. The molecule has 2 unspecified atom stereocenters. The SMILES string of the molecule is O=C(CC1CCSCC1)NCC1CCCC(Cl)C1. The summed E-state index contributed by atoms with van der Waals surface area (Å²) in [5, 5.41) is 3.45. The molecular formula is C14H24ClNOS. The van der Waals surface area contributed by atoms with Crippen LogP contribution in [0, 0.1) is 11.8 Å². The Bertz CT molecular complexity index is 269. The van der Waals surface area contributed by atoms with Crippen LogP contribution in [0.3, 0.4) is 0 Å². The lowest BCUT2D eigenvalue weighted by molar-refractivity contribution is -0.122. The van der Waals surface area contributed by atoms with Gasteiger partial charge in [-0.15, -0.1) is 11.6 Å². The van der Waals surface area contributed by atoms with E-state index in [2.05, 4.69) is 5.32 Å². The number of alkyl halides is 1. The van der Waals surface area contributed by atoms with Crippen molar-refractivity contribution >= 4 is 29.3 Å². The summed E-state index contributed by atoms with van der Waals surface area (Å²) in [5.41, 5.74) is 0. The molecule has 0 aromatic heterocycles. The Balaban J connectivity index is 1.61. The Labute approximate surface area is 120 Å². The average molecular weight is 290 g/mol. The van der Waals surface area contributed by atoms with Crippen molar-refractivity contribution < 1.29 is 4.79 Å². The average Bonchev–Trinajstić information content (AvgIpc) is 2.38. The third kappa shape index (κ3) is 5.00. The molecule has 0 spiro atoms. The zero-order valence-electron chi connectivity index (χ0n) is 11.0. The smallest absolute Gasteiger partial charge is 0.220 e. The fraction of sp³-hybridized carbons (Fsp3) is 0.929. The third-order valence-corrected chi connectivity index (χ3v) is 5.57. The van der Waals surface area contributed by atoms with Crippen LogP contribution >= 0.6 is 23.4 Å². The van der Waals surface area contributed by atoms with E-state index in [9.17, 15) is 4.79 Å². The summed E-state index contributed by atoms with van der Waals surface area (Å²) in [6.45, 7) is 0.837. The van der Waals surface area contributed by atoms with Gasteiger partial charge in [0.2, 0.25) is 5.91 Å². The summed E-state index contributed by atoms with van der Waals surface area (Å²) in [4.78, 5) is 11.9. The van der Waals surface area contributed by atoms with E-state index in [0.717, 1.165) is 25.8 Å². The van der Waals surface area contributed by atoms with Gasteiger partial charge in [-0.05, 0) is 55.4 Å². The van der Waals surface area contributed by atoms with E-state index in [1.54, 1.807) is 0 Å². The maximum atomic E-state index is 11.9. The molecule has 2 nitrogen and oxygen atoms in total. The van der Waals surface area contributed by atoms with Crippen LogP contribution in [0.2, 0.25) is 0 Å². The number of nitrogens with one attached hydrogen (secondary N) is 1. The predicted octanol–water partition coefficient (Wildman–Crippen LogP) is 3.43. The highest BCUT2D eigenvalue weighted by atomic mass is 35.5. The van der Waals surface area contributed by atoms with Crippen molar-refractivity contribution in [2.24, 2.45) is 11.8 Å². The highest BCUT2D eigenvalue weighted by Crippen LogP contribution is 2.28. The number of amides is 1. The van der Waals surface area contributed by atoms with Crippen molar-refractivity contribution in [1.29, 1.82) is 0 Å². The Morgan fingerprint density at radius 1 is 1.17 bits per heavy atom. The van der Waals surface area contributed by atoms with Gasteiger partial charge in [-0.25, -0.2) is 0 Å². The minimum absolute atomic E-state index is 0.253. The third-order valence-electron chi connectivity index (χ3n) is 4.12. The number of halogens is 1. The maximum absolute atomic E-state index is 11.9. The minimum Gasteiger partial charge on any atom is -0.356 e. The molecule has 2 rings (SSSR count). The van der Waals surface area contributed by atoms with Crippen LogP contribution in [-0.2, 0) is 4.79 Å². The summed E-state index contributed by atoms with van der Waals surface area (Å²) >= 11 is 8.18. The molecule has 0 radical (unpaired) electrons. The molecule has 0 bridgehead atoms. The molecule has 1 saturated carbocycles. The van der Waals surface area contributed by atoms with E-state index < -0.39 is 0 Å². The van der Waals surface area contributed by atoms with E-state index >= 15 is 0 Å². The highest BCUT2D eigenvalue weighted by molar-refractivity contribution is 7.99. The fourth-order valence-electron chi connectivity index (χ4n) is 2.95. The minimum atomic E-state index is 0.253. The predicted molar refractivity (Wildman–Crippen MR) is 79.3 cm³/mol. The van der Waals surface area contributed by atoms with Crippen LogP contribution in [0.1, 0.15) is 44.9 Å². The first-order valence-corrected chi connectivity index (χ1v) is 8.81. The van der Waals surface area contributed by atoms with Crippen molar-refractivity contribution in [1.82, 2.24) is 5.32 Å². The molecule has 2 aliphatic rings. The summed E-state index contributed by atoms with van der Waals surface area (Å²) in [7, 11) is 0. The second-order valence-corrected chi connectivity index (χ2v) is 7.54. The van der Waals surface area contributed by atoms with Crippen molar-refractivity contribution in [3.63, 3.8) is 0 Å². The van der Waals surface area contributed by atoms with Crippen LogP contribution in [0.15, 0.2) is 0 Å². The standard InChI is InChI=1S/C14H24ClNOS/c15-13-3-1-2-12(8-13)10-16-14(17)9-11-4-6-18-7-5-11/h11-13H,1-10H2,(H,16,17). The lowest BCUT2D eigenvalue weighted by atomic mass is 9.89. The van der Waals surface area contributed by atoms with E-state index in [-0.39, 0.29) is 5.91 Å². The van der Waals surface area contributed by atoms with Crippen molar-refractivity contribution in [2.75, 3.05) is 18.1 Å². The first kappa shape index (κ1) is 14.5. The molecule has 0 aromatic rings. The molecule has 1 amide bonds. The molecule has 1 saturated heterocycles. The van der Waals surface area contributed by atoms with Gasteiger partial charge in [-0.1, -0.05) is 6.42 Å². The van der Waals surface area contributed by atoms with Gasteiger partial charge in [-0.3, -0.25) is 4.79 Å². The first-order valence-electron chi connectivity index (χ1n) is 7.22. The van der Waals surface area contributed by atoms with Crippen molar-refractivity contribution in [2.45, 2.75) is 50.3 Å². The van der Waals surface area contributed by atoms with Gasteiger partial charge in [0.05, 0.1) is 0 Å². The number of hydrogen-bond acceptors (Lipinski definition) is 2. The molecule has 4 heteroatoms. The summed E-state index contributed by atoms with van der Waals surface area (Å²) < 4.78 is 0. The van der Waals surface area contributed by atoms with Crippen LogP contribution in [0.5, 0.6) is 0 Å². The Morgan fingerprint density at radius 2 is 1.94 bits per heavy atom. The van der Waals surface area contributed by atoms with Crippen molar-refractivity contribution in [3.05, 3.63) is 0 Å². The molecule has 1 aliphatic heterocycles. The quantitative estimate of drug-likeness (QED) is 0.804. The monoisotopic (exact) mass is 289 g/mol. The number of carbonyl (C=O) groups excluding carboxylic acids is 1. The van der Waals surface area contributed by atoms with Gasteiger partial charge >= 0.3 is 0 Å². The molecule has 18 heavy (non-hydrogen) atoms. The lowest BCUT2D eigenvalue weighted by Crippen LogP contribution is -2.33. The zero-order valence-corrected chi connectivity index (χ0v) is 12.6. The van der Waals surface area contributed by atoms with Gasteiger partial charge in [0.15, 0.2) is 0 Å². The summed E-state index contributed by atoms with van der Waals surface area (Å²) in [5.74, 6) is 3.94. The Morgan fingerprint density at radius 3 is 2.67 bits per heavy atom. The summed E-state index contributed by atoms with van der Waals surface area (Å²) in [6, 6.07) is 0. The Hall–Kier alpha value is 0.110. The molecule has 104 valence electrons. The van der Waals surface area contributed by atoms with E-state index in [0.29, 0.717) is 17.2 Å². The van der Waals surface area contributed by atoms with E-state index in [1.165, 1.54) is 37.2 Å². The lowest BCUT2D eigenvalue weighted by Gasteiger charge is -2.26. The molecule has 2 fully saturated rings. The van der Waals surface area contributed by atoms with E-state index in [4.69, 9.17) is 11.6 Å². The first-order chi connectivity index (χ1) is 8.74. The second kappa shape index (κ2) is 7.64. The van der Waals surface area contributed by atoms with Gasteiger partial charge in [0.1, 0.15) is 0 Å². The van der Waals surface area contributed by atoms with Crippen LogP contribution in [0.25, 0.3) is 0 Å². The molecule has 1 aliphatic carbocycles. The zero-order chi connectivity index (χ0) is 12.8. The fourth-order valence-corrected chi connectivity index (χ4v) is 4.56. The van der Waals surface area contributed by atoms with Gasteiger partial charge in [0.25, 0.3) is 0 Å². The molecule has 1 heterocycles. The maximum Gasteiger partial charge on any atom is 0.220 e. The number of hydrogen-bond donors (Lipinski definition) is 1. The topological polar surface area (TPSA) is 29.1 Å². The Kier molecular flexibility index (Phi) is 6.16. The van der Waals surface area contributed by atoms with E-state index in [1.807, 2.05) is 11.8 Å². The number of carbonyl (C=O) groups is 1. The largest absolute Gasteiger partial charge is 0.356 e. The van der Waals surface area contributed by atoms with Crippen LogP contribution < -0.4 is 5.32 Å². The molecule has 1 N–H and O–H groups in total. The van der Waals surface area contributed by atoms with Crippen molar-refractivity contribution in [3.8, 4) is 0 Å². The number of rotatable bonds is 4. The summed E-state index contributed by atoms with van der Waals surface area (Å²) in [6.07, 6.45) is 7.82.